The molecule has 35 heavy (non-hydrogen) atoms. The van der Waals surface area contributed by atoms with Crippen LogP contribution in [0.25, 0.3) is 11.4 Å². The van der Waals surface area contributed by atoms with Gasteiger partial charge in [-0.05, 0) is 49.4 Å². The number of ether oxygens (including phenoxy) is 1. The Kier molecular flexibility index (Phi) is 5.86. The van der Waals surface area contributed by atoms with E-state index in [0.29, 0.717) is 31.6 Å². The summed E-state index contributed by atoms with van der Waals surface area (Å²) in [5, 5.41) is 0. The predicted octanol–water partition coefficient (Wildman–Crippen LogP) is 4.91. The van der Waals surface area contributed by atoms with Gasteiger partial charge in [0.25, 0.3) is 11.8 Å². The molecule has 2 aromatic heterocycles. The highest BCUT2D eigenvalue weighted by atomic mass is 19.4. The average Bonchev–Trinajstić information content (AvgIpc) is 2.85. The molecule has 1 aliphatic carbocycles. The van der Waals surface area contributed by atoms with Crippen LogP contribution in [-0.2, 0) is 6.18 Å². The van der Waals surface area contributed by atoms with Crippen molar-refractivity contribution in [2.45, 2.75) is 37.6 Å². The van der Waals surface area contributed by atoms with E-state index in [4.69, 9.17) is 4.74 Å². The Morgan fingerprint density at radius 3 is 2.49 bits per heavy atom. The molecule has 3 aliphatic rings. The lowest BCUT2D eigenvalue weighted by Gasteiger charge is -2.49. The summed E-state index contributed by atoms with van der Waals surface area (Å²) in [6.45, 7) is 0.401. The van der Waals surface area contributed by atoms with Gasteiger partial charge in [-0.2, -0.15) is 13.2 Å². The van der Waals surface area contributed by atoms with Crippen LogP contribution in [0.1, 0.15) is 35.2 Å². The van der Waals surface area contributed by atoms with Crippen molar-refractivity contribution in [1.82, 2.24) is 19.9 Å². The number of nitrogens with zero attached hydrogens (tertiary/aromatic N) is 4. The molecule has 2 saturated heterocycles. The lowest BCUT2D eigenvalue weighted by atomic mass is 9.77. The molecular weight excluding hydrogens is 471 g/mol. The number of halogens is 5. The Labute approximate surface area is 196 Å². The maximum Gasteiger partial charge on any atom is 0.417 e. The third kappa shape index (κ3) is 4.42. The Morgan fingerprint density at radius 2 is 1.80 bits per heavy atom. The van der Waals surface area contributed by atoms with E-state index >= 15 is 0 Å². The number of carbonyl (C=O) groups is 1. The first kappa shape index (κ1) is 23.1. The van der Waals surface area contributed by atoms with Gasteiger partial charge in [0.05, 0.1) is 22.7 Å². The second kappa shape index (κ2) is 8.86. The average molecular weight is 490 g/mol. The molecule has 3 aromatic rings. The van der Waals surface area contributed by atoms with Crippen molar-refractivity contribution >= 4 is 5.91 Å². The molecule has 0 spiro atoms. The van der Waals surface area contributed by atoms with Crippen molar-refractivity contribution in [3.8, 4) is 17.3 Å². The standard InChI is InChI=1S/C24H19F5N4O2/c25-16-4-1-3-15(20(16)21-30-7-2-8-31-21)23(34)33-12-13-5-6-18(33)19(9-13)35-22-17(26)10-14(11-32-22)24(27,28)29/h1-4,7-8,10-11,13,18-19H,5-6,9,12H2/t13-,18+,19-/m1/s1. The fourth-order valence-electron chi connectivity index (χ4n) is 4.81. The van der Waals surface area contributed by atoms with Gasteiger partial charge in [0.1, 0.15) is 11.9 Å². The van der Waals surface area contributed by atoms with Gasteiger partial charge in [-0.15, -0.1) is 0 Å². The minimum Gasteiger partial charge on any atom is -0.470 e. The molecule has 11 heteroatoms. The van der Waals surface area contributed by atoms with E-state index in [2.05, 4.69) is 15.0 Å². The number of aromatic nitrogens is 3. The summed E-state index contributed by atoms with van der Waals surface area (Å²) in [6.07, 6.45) is -0.136. The van der Waals surface area contributed by atoms with Crippen LogP contribution in [-0.4, -0.2) is 44.4 Å². The number of carbonyl (C=O) groups excluding carboxylic acids is 1. The Morgan fingerprint density at radius 1 is 1.03 bits per heavy atom. The zero-order valence-electron chi connectivity index (χ0n) is 18.2. The number of alkyl halides is 3. The molecule has 1 saturated carbocycles. The highest BCUT2D eigenvalue weighted by Crippen LogP contribution is 2.39. The quantitative estimate of drug-likeness (QED) is 0.487. The summed E-state index contributed by atoms with van der Waals surface area (Å²) in [5.41, 5.74) is -1.15. The Balaban J connectivity index is 1.42. The van der Waals surface area contributed by atoms with E-state index in [9.17, 15) is 26.7 Å². The SMILES string of the molecule is O=C(c1cccc(F)c1-c1ncccn1)N1C[C@@H]2CC[C@H]1[C@H](Oc1ncc(C(F)(F)F)cc1F)C2. The van der Waals surface area contributed by atoms with Crippen molar-refractivity contribution < 1.29 is 31.5 Å². The van der Waals surface area contributed by atoms with Crippen LogP contribution >= 0.6 is 0 Å². The van der Waals surface area contributed by atoms with Gasteiger partial charge in [0, 0.05) is 25.1 Å². The normalized spacial score (nSPS) is 21.7. The van der Waals surface area contributed by atoms with Crippen molar-refractivity contribution in [1.29, 1.82) is 0 Å². The van der Waals surface area contributed by atoms with Gasteiger partial charge in [0.2, 0.25) is 0 Å². The van der Waals surface area contributed by atoms with Crippen molar-refractivity contribution in [3.63, 3.8) is 0 Å². The number of amides is 1. The molecular formula is C24H19F5N4O2. The van der Waals surface area contributed by atoms with Gasteiger partial charge < -0.3 is 9.64 Å². The molecule has 1 aromatic carbocycles. The molecule has 0 radical (unpaired) electrons. The second-order valence-electron chi connectivity index (χ2n) is 8.60. The van der Waals surface area contributed by atoms with E-state index in [1.165, 1.54) is 30.6 Å². The summed E-state index contributed by atoms with van der Waals surface area (Å²) >= 11 is 0. The topological polar surface area (TPSA) is 68.2 Å². The summed E-state index contributed by atoms with van der Waals surface area (Å²) in [5.74, 6) is -2.76. The van der Waals surface area contributed by atoms with E-state index in [-0.39, 0.29) is 22.9 Å². The summed E-state index contributed by atoms with van der Waals surface area (Å²) in [7, 11) is 0. The van der Waals surface area contributed by atoms with Crippen LogP contribution in [0.4, 0.5) is 22.0 Å². The molecule has 0 unspecified atom stereocenters. The van der Waals surface area contributed by atoms with Crippen LogP contribution in [0, 0.1) is 17.6 Å². The van der Waals surface area contributed by atoms with Gasteiger partial charge in [-0.1, -0.05) is 6.07 Å². The van der Waals surface area contributed by atoms with Gasteiger partial charge in [0.15, 0.2) is 11.6 Å². The number of hydrogen-bond donors (Lipinski definition) is 0. The van der Waals surface area contributed by atoms with Gasteiger partial charge >= 0.3 is 6.18 Å². The molecule has 3 fully saturated rings. The van der Waals surface area contributed by atoms with Crippen molar-refractivity contribution in [2.75, 3.05) is 6.54 Å². The third-order valence-corrected chi connectivity index (χ3v) is 6.41. The molecule has 6 rings (SSSR count). The summed E-state index contributed by atoms with van der Waals surface area (Å²) < 4.78 is 73.3. The van der Waals surface area contributed by atoms with Crippen LogP contribution in [0.3, 0.4) is 0 Å². The third-order valence-electron chi connectivity index (χ3n) is 6.41. The summed E-state index contributed by atoms with van der Waals surface area (Å²) in [4.78, 5) is 26.8. The number of rotatable bonds is 4. The number of fused-ring (bicyclic) bond motifs is 3. The number of benzene rings is 1. The zero-order chi connectivity index (χ0) is 24.7. The molecule has 4 heterocycles. The lowest BCUT2D eigenvalue weighted by molar-refractivity contribution is -0.138. The molecule has 0 N–H and O–H groups in total. The van der Waals surface area contributed by atoms with Crippen molar-refractivity contribution in [3.05, 3.63) is 71.7 Å². The van der Waals surface area contributed by atoms with E-state index < -0.39 is 47.3 Å². The molecule has 6 nitrogen and oxygen atoms in total. The Hall–Kier alpha value is -3.63. The van der Waals surface area contributed by atoms with E-state index in [0.717, 1.165) is 6.42 Å². The number of hydrogen-bond acceptors (Lipinski definition) is 5. The predicted molar refractivity (Wildman–Crippen MR) is 113 cm³/mol. The Bertz CT molecular complexity index is 1250. The smallest absolute Gasteiger partial charge is 0.417 e. The largest absolute Gasteiger partial charge is 0.470 e. The fourth-order valence-corrected chi connectivity index (χ4v) is 4.81. The van der Waals surface area contributed by atoms with Crippen LogP contribution in [0.15, 0.2) is 48.9 Å². The zero-order valence-corrected chi connectivity index (χ0v) is 18.2. The van der Waals surface area contributed by atoms with Crippen LogP contribution in [0.5, 0.6) is 5.88 Å². The van der Waals surface area contributed by atoms with Gasteiger partial charge in [-0.3, -0.25) is 4.79 Å². The fraction of sp³-hybridized carbons (Fsp3) is 0.333. The maximum atomic E-state index is 14.8. The maximum absolute atomic E-state index is 14.8. The molecule has 3 atom stereocenters. The van der Waals surface area contributed by atoms with E-state index in [1.54, 1.807) is 11.0 Å². The van der Waals surface area contributed by atoms with Crippen molar-refractivity contribution in [2.24, 2.45) is 5.92 Å². The first-order valence-electron chi connectivity index (χ1n) is 11.0. The highest BCUT2D eigenvalue weighted by molar-refractivity contribution is 6.00. The molecule has 2 aliphatic heterocycles. The summed E-state index contributed by atoms with van der Waals surface area (Å²) in [6, 6.07) is 5.56. The number of piperidine rings is 2. The molecule has 182 valence electrons. The first-order valence-corrected chi connectivity index (χ1v) is 11.0. The van der Waals surface area contributed by atoms with E-state index in [1.807, 2.05) is 0 Å². The molecule has 2 bridgehead atoms. The van der Waals surface area contributed by atoms with Crippen LogP contribution < -0.4 is 4.74 Å². The second-order valence-corrected chi connectivity index (χ2v) is 8.60. The lowest BCUT2D eigenvalue weighted by Crippen LogP contribution is -2.59. The minimum absolute atomic E-state index is 0.0209. The molecule has 1 amide bonds. The first-order chi connectivity index (χ1) is 16.7. The van der Waals surface area contributed by atoms with Crippen LogP contribution in [0.2, 0.25) is 0 Å². The highest BCUT2D eigenvalue weighted by Gasteiger charge is 2.45. The monoisotopic (exact) mass is 490 g/mol. The number of pyridine rings is 1. The van der Waals surface area contributed by atoms with Gasteiger partial charge in [-0.25, -0.2) is 23.7 Å². The minimum atomic E-state index is -4.73.